The van der Waals surface area contributed by atoms with Crippen LogP contribution in [0.5, 0.6) is 0 Å². The molecular weight excluding hydrogens is 228 g/mol. The molecule has 0 fully saturated rings. The lowest BCUT2D eigenvalue weighted by Gasteiger charge is -2.16. The third-order valence-electron chi connectivity index (χ3n) is 1.95. The second-order valence-electron chi connectivity index (χ2n) is 4.08. The lowest BCUT2D eigenvalue weighted by atomic mass is 10.2. The second kappa shape index (κ2) is 3.75. The highest BCUT2D eigenvalue weighted by atomic mass is 79.9. The van der Waals surface area contributed by atoms with Gasteiger partial charge in [0.1, 0.15) is 0 Å². The van der Waals surface area contributed by atoms with Crippen LogP contribution in [0.3, 0.4) is 0 Å². The molecule has 1 aromatic carbocycles. The van der Waals surface area contributed by atoms with Gasteiger partial charge in [0.2, 0.25) is 0 Å². The van der Waals surface area contributed by atoms with Gasteiger partial charge in [0, 0.05) is 5.33 Å². The number of hydrogen-bond acceptors (Lipinski definition) is 0. The van der Waals surface area contributed by atoms with Crippen LogP contribution in [-0.2, 0) is 5.33 Å². The first-order valence-corrected chi connectivity index (χ1v) is 8.81. The highest BCUT2D eigenvalue weighted by Gasteiger charge is 2.15. The van der Waals surface area contributed by atoms with Gasteiger partial charge >= 0.3 is 0 Å². The minimum Gasteiger partial charge on any atom is -0.0876 e. The van der Waals surface area contributed by atoms with Crippen molar-refractivity contribution in [3.63, 3.8) is 0 Å². The summed E-state index contributed by atoms with van der Waals surface area (Å²) in [5.41, 5.74) is 1.38. The van der Waals surface area contributed by atoms with Gasteiger partial charge in [-0.05, 0) is 5.56 Å². The molecule has 0 aromatic heterocycles. The van der Waals surface area contributed by atoms with Crippen LogP contribution in [0.15, 0.2) is 24.3 Å². The van der Waals surface area contributed by atoms with E-state index >= 15 is 0 Å². The molecule has 0 atom stereocenters. The molecule has 0 nitrogen and oxygen atoms in total. The summed E-state index contributed by atoms with van der Waals surface area (Å²) in [6.07, 6.45) is 0. The largest absolute Gasteiger partial charge is 0.0876 e. The summed E-state index contributed by atoms with van der Waals surface area (Å²) < 4.78 is 0. The Kier molecular flexibility index (Phi) is 3.13. The van der Waals surface area contributed by atoms with Crippen LogP contribution in [0.25, 0.3) is 0 Å². The van der Waals surface area contributed by atoms with E-state index in [1.807, 2.05) is 0 Å². The summed E-state index contributed by atoms with van der Waals surface area (Å²) in [7, 11) is -1.10. The van der Waals surface area contributed by atoms with Crippen molar-refractivity contribution in [1.82, 2.24) is 0 Å². The maximum Gasteiger partial charge on any atom is 0.0776 e. The summed E-state index contributed by atoms with van der Waals surface area (Å²) in [4.78, 5) is 0. The Morgan fingerprint density at radius 3 is 2.42 bits per heavy atom. The van der Waals surface area contributed by atoms with Crippen molar-refractivity contribution in [3.8, 4) is 0 Å². The van der Waals surface area contributed by atoms with Gasteiger partial charge in [-0.15, -0.1) is 0 Å². The standard InChI is InChI=1S/C10H15BrSi/c1-12(2,3)10-6-4-5-9(7-10)8-11/h4-7H,8H2,1-3H3. The zero-order chi connectivity index (χ0) is 9.19. The van der Waals surface area contributed by atoms with Gasteiger partial charge in [-0.1, -0.05) is 65.0 Å². The molecule has 0 spiro atoms. The fourth-order valence-electron chi connectivity index (χ4n) is 1.12. The van der Waals surface area contributed by atoms with E-state index in [1.54, 1.807) is 5.19 Å². The van der Waals surface area contributed by atoms with E-state index < -0.39 is 8.07 Å². The average molecular weight is 243 g/mol. The normalized spacial score (nSPS) is 11.7. The third kappa shape index (κ3) is 2.46. The van der Waals surface area contributed by atoms with Gasteiger partial charge in [-0.25, -0.2) is 0 Å². The van der Waals surface area contributed by atoms with E-state index in [9.17, 15) is 0 Å². The van der Waals surface area contributed by atoms with Gasteiger partial charge in [-0.3, -0.25) is 0 Å². The predicted molar refractivity (Wildman–Crippen MR) is 62.1 cm³/mol. The Morgan fingerprint density at radius 1 is 1.25 bits per heavy atom. The van der Waals surface area contributed by atoms with Crippen molar-refractivity contribution in [2.75, 3.05) is 0 Å². The molecule has 0 unspecified atom stereocenters. The molecule has 1 aromatic rings. The summed E-state index contributed by atoms with van der Waals surface area (Å²) in [6, 6.07) is 8.89. The molecule has 0 bridgehead atoms. The number of halogens is 1. The Bertz CT molecular complexity index is 263. The number of benzene rings is 1. The molecule has 0 aliphatic rings. The van der Waals surface area contributed by atoms with Crippen LogP contribution >= 0.6 is 15.9 Å². The van der Waals surface area contributed by atoms with Crippen molar-refractivity contribution in [2.24, 2.45) is 0 Å². The van der Waals surface area contributed by atoms with E-state index in [0.717, 1.165) is 5.33 Å². The van der Waals surface area contributed by atoms with Crippen molar-refractivity contribution in [3.05, 3.63) is 29.8 Å². The van der Waals surface area contributed by atoms with Crippen LogP contribution in [0.2, 0.25) is 19.6 Å². The fourth-order valence-corrected chi connectivity index (χ4v) is 2.68. The molecule has 0 aliphatic carbocycles. The van der Waals surface area contributed by atoms with E-state index in [0.29, 0.717) is 0 Å². The van der Waals surface area contributed by atoms with Crippen LogP contribution in [0.1, 0.15) is 5.56 Å². The fraction of sp³-hybridized carbons (Fsp3) is 0.400. The number of rotatable bonds is 2. The van der Waals surface area contributed by atoms with Crippen LogP contribution in [-0.4, -0.2) is 8.07 Å². The van der Waals surface area contributed by atoms with E-state index in [4.69, 9.17) is 0 Å². The molecule has 0 N–H and O–H groups in total. The molecule has 0 saturated carbocycles. The van der Waals surface area contributed by atoms with Crippen molar-refractivity contribution in [1.29, 1.82) is 0 Å². The molecule has 0 heterocycles. The second-order valence-corrected chi connectivity index (χ2v) is 9.72. The third-order valence-corrected chi connectivity index (χ3v) is 4.64. The minimum absolute atomic E-state index is 0.964. The minimum atomic E-state index is -1.10. The van der Waals surface area contributed by atoms with Gasteiger partial charge in [0.05, 0.1) is 8.07 Å². The topological polar surface area (TPSA) is 0 Å². The lowest BCUT2D eigenvalue weighted by Crippen LogP contribution is -2.37. The maximum atomic E-state index is 3.47. The molecule has 0 radical (unpaired) electrons. The summed E-state index contributed by atoms with van der Waals surface area (Å²) in [5.74, 6) is 0. The zero-order valence-electron chi connectivity index (χ0n) is 7.89. The van der Waals surface area contributed by atoms with Crippen LogP contribution in [0.4, 0.5) is 0 Å². The molecule has 2 heteroatoms. The Labute approximate surface area is 84.1 Å². The lowest BCUT2D eigenvalue weighted by molar-refractivity contribution is 1.45. The quantitative estimate of drug-likeness (QED) is 0.553. The zero-order valence-corrected chi connectivity index (χ0v) is 10.5. The molecule has 0 aliphatic heterocycles. The highest BCUT2D eigenvalue weighted by molar-refractivity contribution is 9.08. The first-order chi connectivity index (χ1) is 5.54. The van der Waals surface area contributed by atoms with E-state index in [1.165, 1.54) is 5.56 Å². The number of alkyl halides is 1. The molecule has 66 valence electrons. The van der Waals surface area contributed by atoms with Gasteiger partial charge in [0.25, 0.3) is 0 Å². The van der Waals surface area contributed by atoms with Crippen molar-refractivity contribution < 1.29 is 0 Å². The Morgan fingerprint density at radius 2 is 1.92 bits per heavy atom. The summed E-state index contributed by atoms with van der Waals surface area (Å²) >= 11 is 3.47. The van der Waals surface area contributed by atoms with E-state index in [2.05, 4.69) is 59.8 Å². The Balaban J connectivity index is 3.02. The molecule has 1 rings (SSSR count). The molecule has 0 saturated heterocycles. The Hall–Kier alpha value is -0.0831. The monoisotopic (exact) mass is 242 g/mol. The smallest absolute Gasteiger partial charge is 0.0776 e. The van der Waals surface area contributed by atoms with Crippen LogP contribution in [0, 0.1) is 0 Å². The SMILES string of the molecule is C[Si](C)(C)c1cccc(CBr)c1. The van der Waals surface area contributed by atoms with Crippen molar-refractivity contribution in [2.45, 2.75) is 25.0 Å². The molecular formula is C10H15BrSi. The maximum absolute atomic E-state index is 3.47. The van der Waals surface area contributed by atoms with Gasteiger partial charge < -0.3 is 0 Å². The first kappa shape index (κ1) is 10.0. The number of hydrogen-bond donors (Lipinski definition) is 0. The summed E-state index contributed by atoms with van der Waals surface area (Å²) in [6.45, 7) is 7.13. The summed E-state index contributed by atoms with van der Waals surface area (Å²) in [5, 5.41) is 2.50. The van der Waals surface area contributed by atoms with Gasteiger partial charge in [0.15, 0.2) is 0 Å². The first-order valence-electron chi connectivity index (χ1n) is 4.19. The average Bonchev–Trinajstić information content (AvgIpc) is 2.03. The van der Waals surface area contributed by atoms with Crippen molar-refractivity contribution >= 4 is 29.2 Å². The van der Waals surface area contributed by atoms with E-state index in [-0.39, 0.29) is 0 Å². The molecule has 0 amide bonds. The predicted octanol–water partition coefficient (Wildman–Crippen LogP) is 3.13. The van der Waals surface area contributed by atoms with Crippen LogP contribution < -0.4 is 5.19 Å². The van der Waals surface area contributed by atoms with Gasteiger partial charge in [-0.2, -0.15) is 0 Å². The highest BCUT2D eigenvalue weighted by Crippen LogP contribution is 2.07. The molecule has 12 heavy (non-hydrogen) atoms.